The van der Waals surface area contributed by atoms with Crippen LogP contribution in [-0.2, 0) is 9.53 Å². The van der Waals surface area contributed by atoms with Gasteiger partial charge in [0.15, 0.2) is 0 Å². The summed E-state index contributed by atoms with van der Waals surface area (Å²) in [5, 5.41) is 0. The third-order valence-electron chi connectivity index (χ3n) is 2.83. The maximum Gasteiger partial charge on any atom is 0.393 e. The molecule has 0 bridgehead atoms. The molecule has 0 amide bonds. The highest BCUT2D eigenvalue weighted by molar-refractivity contribution is 5.73. The van der Waals surface area contributed by atoms with Crippen molar-refractivity contribution in [3.8, 4) is 0 Å². The second kappa shape index (κ2) is 5.03. The first-order valence-electron chi connectivity index (χ1n) is 5.28. The molecule has 0 aromatic carbocycles. The number of ether oxygens (including phenoxy) is 1. The summed E-state index contributed by atoms with van der Waals surface area (Å²) >= 11 is 0. The molecule has 2 atom stereocenters. The van der Waals surface area contributed by atoms with Crippen molar-refractivity contribution < 1.29 is 22.7 Å². The summed E-state index contributed by atoms with van der Waals surface area (Å²) in [6, 6.07) is 0. The molecule has 1 aliphatic rings. The van der Waals surface area contributed by atoms with Gasteiger partial charge in [-0.25, -0.2) is 0 Å². The normalized spacial score (nSPS) is 27.8. The van der Waals surface area contributed by atoms with E-state index in [-0.39, 0.29) is 19.6 Å². The summed E-state index contributed by atoms with van der Waals surface area (Å²) in [5.74, 6) is -3.38. The Kier molecular flexibility index (Phi) is 4.18. The van der Waals surface area contributed by atoms with Crippen LogP contribution >= 0.6 is 0 Å². The molecule has 0 aromatic rings. The lowest BCUT2D eigenvalue weighted by Crippen LogP contribution is -2.48. The van der Waals surface area contributed by atoms with Gasteiger partial charge in [0.2, 0.25) is 0 Å². The van der Waals surface area contributed by atoms with Crippen molar-refractivity contribution in [3.05, 3.63) is 0 Å². The predicted molar refractivity (Wildman–Crippen MR) is 51.8 cm³/mol. The molecular weight excluding hydrogens is 223 g/mol. The molecular formula is C10H16F3NO2. The molecule has 0 N–H and O–H groups in total. The van der Waals surface area contributed by atoms with Crippen LogP contribution in [0.1, 0.15) is 13.3 Å². The quantitative estimate of drug-likeness (QED) is 0.687. The molecule has 1 fully saturated rings. The average Bonchev–Trinajstić information content (AvgIpc) is 2.16. The molecule has 3 nitrogen and oxygen atoms in total. The number of carbonyl (C=O) groups excluding carboxylic acids is 1. The van der Waals surface area contributed by atoms with Gasteiger partial charge in [-0.2, -0.15) is 13.2 Å². The van der Waals surface area contributed by atoms with Crippen molar-refractivity contribution in [2.75, 3.05) is 26.7 Å². The smallest absolute Gasteiger partial charge is 0.393 e. The Labute approximate surface area is 92.5 Å². The van der Waals surface area contributed by atoms with Gasteiger partial charge in [0.1, 0.15) is 0 Å². The standard InChI is InChI=1S/C10H16F3NO2/c1-3-16-9(15)7-4-5-14(2)6-8(7)10(11,12)13/h7-8H,3-6H2,1-2H3/t7-,8-/m1/s1. The Morgan fingerprint density at radius 1 is 1.50 bits per heavy atom. The third-order valence-corrected chi connectivity index (χ3v) is 2.83. The minimum absolute atomic E-state index is 0.121. The largest absolute Gasteiger partial charge is 0.466 e. The highest BCUT2D eigenvalue weighted by Gasteiger charge is 2.49. The van der Waals surface area contributed by atoms with E-state index >= 15 is 0 Å². The molecule has 1 rings (SSSR count). The highest BCUT2D eigenvalue weighted by Crippen LogP contribution is 2.37. The lowest BCUT2D eigenvalue weighted by Gasteiger charge is -2.36. The minimum atomic E-state index is -4.34. The lowest BCUT2D eigenvalue weighted by molar-refractivity contribution is -0.208. The van der Waals surface area contributed by atoms with Crippen LogP contribution < -0.4 is 0 Å². The van der Waals surface area contributed by atoms with E-state index in [2.05, 4.69) is 4.74 Å². The molecule has 0 spiro atoms. The molecule has 0 saturated carbocycles. The fourth-order valence-corrected chi connectivity index (χ4v) is 1.98. The van der Waals surface area contributed by atoms with Gasteiger partial charge in [0.05, 0.1) is 18.4 Å². The van der Waals surface area contributed by atoms with Crippen LogP contribution in [0.5, 0.6) is 0 Å². The maximum absolute atomic E-state index is 12.7. The first-order chi connectivity index (χ1) is 7.36. The zero-order valence-electron chi connectivity index (χ0n) is 9.38. The van der Waals surface area contributed by atoms with Gasteiger partial charge in [-0.15, -0.1) is 0 Å². The molecule has 94 valence electrons. The van der Waals surface area contributed by atoms with Crippen molar-refractivity contribution in [2.24, 2.45) is 11.8 Å². The number of hydrogen-bond acceptors (Lipinski definition) is 3. The summed E-state index contributed by atoms with van der Waals surface area (Å²) in [5.41, 5.74) is 0. The fourth-order valence-electron chi connectivity index (χ4n) is 1.98. The van der Waals surface area contributed by atoms with E-state index in [0.717, 1.165) is 0 Å². The van der Waals surface area contributed by atoms with E-state index in [1.807, 2.05) is 0 Å². The minimum Gasteiger partial charge on any atom is -0.466 e. The number of carbonyl (C=O) groups is 1. The van der Waals surface area contributed by atoms with Crippen LogP contribution in [0.3, 0.4) is 0 Å². The van der Waals surface area contributed by atoms with Gasteiger partial charge in [0.25, 0.3) is 0 Å². The molecule has 0 aromatic heterocycles. The van der Waals surface area contributed by atoms with Crippen LogP contribution in [0, 0.1) is 11.8 Å². The lowest BCUT2D eigenvalue weighted by atomic mass is 9.85. The van der Waals surface area contributed by atoms with Crippen LogP contribution in [0.4, 0.5) is 13.2 Å². The molecule has 1 aliphatic heterocycles. The van der Waals surface area contributed by atoms with E-state index in [1.54, 1.807) is 18.9 Å². The van der Waals surface area contributed by atoms with Crippen LogP contribution in [-0.4, -0.2) is 43.8 Å². The Hall–Kier alpha value is -0.780. The number of alkyl halides is 3. The third kappa shape index (κ3) is 3.10. The van der Waals surface area contributed by atoms with E-state index in [1.165, 1.54) is 0 Å². The van der Waals surface area contributed by atoms with Crippen molar-refractivity contribution >= 4 is 5.97 Å². The number of rotatable bonds is 2. The molecule has 16 heavy (non-hydrogen) atoms. The Morgan fingerprint density at radius 3 is 2.62 bits per heavy atom. The van der Waals surface area contributed by atoms with Crippen molar-refractivity contribution in [2.45, 2.75) is 19.5 Å². The van der Waals surface area contributed by atoms with Gasteiger partial charge in [-0.05, 0) is 26.9 Å². The maximum atomic E-state index is 12.7. The topological polar surface area (TPSA) is 29.5 Å². The average molecular weight is 239 g/mol. The van der Waals surface area contributed by atoms with Gasteiger partial charge < -0.3 is 9.64 Å². The number of esters is 1. The van der Waals surface area contributed by atoms with Crippen LogP contribution in [0.25, 0.3) is 0 Å². The second-order valence-electron chi connectivity index (χ2n) is 4.06. The van der Waals surface area contributed by atoms with Gasteiger partial charge >= 0.3 is 12.1 Å². The van der Waals surface area contributed by atoms with E-state index < -0.39 is 24.0 Å². The summed E-state index contributed by atoms with van der Waals surface area (Å²) < 4.78 is 42.9. The second-order valence-corrected chi connectivity index (χ2v) is 4.06. The summed E-state index contributed by atoms with van der Waals surface area (Å²) in [6.45, 7) is 2.08. The van der Waals surface area contributed by atoms with Crippen molar-refractivity contribution in [1.29, 1.82) is 0 Å². The van der Waals surface area contributed by atoms with E-state index in [0.29, 0.717) is 6.54 Å². The summed E-state index contributed by atoms with van der Waals surface area (Å²) in [7, 11) is 1.63. The van der Waals surface area contributed by atoms with E-state index in [9.17, 15) is 18.0 Å². The predicted octanol–water partition coefficient (Wildman–Crippen LogP) is 1.68. The molecule has 1 saturated heterocycles. The monoisotopic (exact) mass is 239 g/mol. The number of likely N-dealkylation sites (tertiary alicyclic amines) is 1. The number of piperidine rings is 1. The Balaban J connectivity index is 2.76. The summed E-state index contributed by atoms with van der Waals surface area (Å²) in [4.78, 5) is 13.0. The zero-order valence-corrected chi connectivity index (χ0v) is 9.38. The Morgan fingerprint density at radius 2 is 2.12 bits per heavy atom. The molecule has 0 radical (unpaired) electrons. The van der Waals surface area contributed by atoms with Crippen molar-refractivity contribution in [1.82, 2.24) is 4.90 Å². The summed E-state index contributed by atoms with van der Waals surface area (Å²) in [6.07, 6.45) is -4.13. The molecule has 0 unspecified atom stereocenters. The fraction of sp³-hybridized carbons (Fsp3) is 0.900. The molecule has 1 heterocycles. The highest BCUT2D eigenvalue weighted by atomic mass is 19.4. The number of hydrogen-bond donors (Lipinski definition) is 0. The van der Waals surface area contributed by atoms with E-state index in [4.69, 9.17) is 0 Å². The van der Waals surface area contributed by atoms with Crippen molar-refractivity contribution in [3.63, 3.8) is 0 Å². The van der Waals surface area contributed by atoms with Gasteiger partial charge in [0, 0.05) is 6.54 Å². The first-order valence-corrected chi connectivity index (χ1v) is 5.28. The number of nitrogens with zero attached hydrogens (tertiary/aromatic N) is 1. The zero-order chi connectivity index (χ0) is 12.3. The molecule has 6 heteroatoms. The van der Waals surface area contributed by atoms with Crippen LogP contribution in [0.15, 0.2) is 0 Å². The van der Waals surface area contributed by atoms with Crippen LogP contribution in [0.2, 0.25) is 0 Å². The SMILES string of the molecule is CCOC(=O)[C@@H]1CCN(C)C[C@H]1C(F)(F)F. The van der Waals surface area contributed by atoms with Gasteiger partial charge in [-0.3, -0.25) is 4.79 Å². The first kappa shape index (κ1) is 13.3. The van der Waals surface area contributed by atoms with Gasteiger partial charge in [-0.1, -0.05) is 0 Å². The molecule has 0 aliphatic carbocycles. The number of halogens is 3. The Bertz CT molecular complexity index is 255.